The molecule has 0 amide bonds. The summed E-state index contributed by atoms with van der Waals surface area (Å²) < 4.78 is 38.3. The van der Waals surface area contributed by atoms with E-state index in [1.807, 2.05) is 22.7 Å². The van der Waals surface area contributed by atoms with Gasteiger partial charge in [-0.1, -0.05) is 18.2 Å². The third-order valence-corrected chi connectivity index (χ3v) is 6.87. The molecule has 1 N–H and O–H groups in total. The van der Waals surface area contributed by atoms with Crippen LogP contribution in [0.15, 0.2) is 55.0 Å². The summed E-state index contributed by atoms with van der Waals surface area (Å²) in [7, 11) is 0. The second-order valence-electron chi connectivity index (χ2n) is 9.31. The Balaban J connectivity index is 1.41. The fourth-order valence-electron chi connectivity index (χ4n) is 5.18. The lowest BCUT2D eigenvalue weighted by molar-refractivity contribution is -0.0506. The van der Waals surface area contributed by atoms with E-state index in [0.29, 0.717) is 42.5 Å². The molecule has 4 aromatic rings. The average Bonchev–Trinajstić information content (AvgIpc) is 3.39. The van der Waals surface area contributed by atoms with Crippen molar-refractivity contribution < 1.29 is 23.4 Å². The number of aromatic nitrogens is 4. The van der Waals surface area contributed by atoms with Crippen LogP contribution in [0.25, 0.3) is 16.8 Å². The minimum atomic E-state index is -2.94. The number of morpholine rings is 1. The molecule has 0 unspecified atom stereocenters. The minimum Gasteiger partial charge on any atom is -0.435 e. The van der Waals surface area contributed by atoms with E-state index in [9.17, 15) is 13.9 Å². The summed E-state index contributed by atoms with van der Waals surface area (Å²) in [5.74, 6) is 0.382. The van der Waals surface area contributed by atoms with Gasteiger partial charge in [-0.15, -0.1) is 0 Å². The van der Waals surface area contributed by atoms with Gasteiger partial charge in [-0.2, -0.15) is 8.78 Å². The normalized spacial score (nSPS) is 21.8. The van der Waals surface area contributed by atoms with E-state index >= 15 is 0 Å². The quantitative estimate of drug-likeness (QED) is 0.450. The molecule has 0 spiro atoms. The molecular weight excluding hydrogens is 468 g/mol. The molecule has 36 heavy (non-hydrogen) atoms. The van der Waals surface area contributed by atoms with Crippen LogP contribution in [0.3, 0.4) is 0 Å². The minimum absolute atomic E-state index is 0.0966. The Kier molecular flexibility index (Phi) is 5.57. The third kappa shape index (κ3) is 3.96. The van der Waals surface area contributed by atoms with Crippen LogP contribution in [0.1, 0.15) is 36.2 Å². The maximum absolute atomic E-state index is 13.1. The molecule has 10 heteroatoms. The number of nitrogens with zero attached hydrogens (tertiary/aromatic N) is 5. The van der Waals surface area contributed by atoms with Crippen LogP contribution in [0.2, 0.25) is 0 Å². The molecule has 3 aromatic heterocycles. The van der Waals surface area contributed by atoms with Crippen LogP contribution in [0, 0.1) is 0 Å². The Bertz CT molecular complexity index is 1400. The molecule has 1 aliphatic heterocycles. The third-order valence-electron chi connectivity index (χ3n) is 6.87. The van der Waals surface area contributed by atoms with Crippen molar-refractivity contribution in [2.45, 2.75) is 31.5 Å². The van der Waals surface area contributed by atoms with E-state index in [1.54, 1.807) is 37.5 Å². The van der Waals surface area contributed by atoms with Gasteiger partial charge in [0.15, 0.2) is 0 Å². The topological polar surface area (TPSA) is 85.0 Å². The largest absolute Gasteiger partial charge is 0.435 e. The highest BCUT2D eigenvalue weighted by atomic mass is 19.3. The van der Waals surface area contributed by atoms with Crippen LogP contribution in [-0.2, 0) is 10.3 Å². The number of aliphatic hydroxyl groups is 1. The second-order valence-corrected chi connectivity index (χ2v) is 9.31. The number of imidazole rings is 1. The van der Waals surface area contributed by atoms with Crippen LogP contribution in [0.5, 0.6) is 5.75 Å². The highest BCUT2D eigenvalue weighted by Crippen LogP contribution is 2.49. The lowest BCUT2D eigenvalue weighted by atomic mass is 9.93. The lowest BCUT2D eigenvalue weighted by Crippen LogP contribution is -2.37. The van der Waals surface area contributed by atoms with E-state index in [1.165, 1.54) is 6.07 Å². The molecule has 0 radical (unpaired) electrons. The molecule has 2 aliphatic rings. The fourth-order valence-corrected chi connectivity index (χ4v) is 5.18. The van der Waals surface area contributed by atoms with Crippen LogP contribution in [0.4, 0.5) is 14.7 Å². The summed E-state index contributed by atoms with van der Waals surface area (Å²) >= 11 is 0. The monoisotopic (exact) mass is 493 g/mol. The number of rotatable bonds is 5. The number of halogens is 2. The number of para-hydroxylation sites is 1. The van der Waals surface area contributed by atoms with Gasteiger partial charge in [0.2, 0.25) is 5.95 Å². The van der Waals surface area contributed by atoms with Gasteiger partial charge in [-0.3, -0.25) is 0 Å². The van der Waals surface area contributed by atoms with Gasteiger partial charge in [0, 0.05) is 54.3 Å². The molecule has 0 bridgehead atoms. The summed E-state index contributed by atoms with van der Waals surface area (Å²) in [4.78, 5) is 15.9. The van der Waals surface area contributed by atoms with Gasteiger partial charge >= 0.3 is 6.61 Å². The zero-order valence-electron chi connectivity index (χ0n) is 19.6. The summed E-state index contributed by atoms with van der Waals surface area (Å²) in [5, 5.41) is 11.2. The summed E-state index contributed by atoms with van der Waals surface area (Å²) in [6, 6.07) is 10.5. The molecule has 186 valence electrons. The summed E-state index contributed by atoms with van der Waals surface area (Å²) in [6.07, 6.45) is 5.81. The molecule has 4 heterocycles. The molecule has 1 aromatic carbocycles. The first-order valence-corrected chi connectivity index (χ1v) is 11.8. The second kappa shape index (κ2) is 8.79. The van der Waals surface area contributed by atoms with Crippen molar-refractivity contribution in [1.82, 2.24) is 19.4 Å². The number of hydrogen-bond acceptors (Lipinski definition) is 7. The van der Waals surface area contributed by atoms with Crippen molar-refractivity contribution in [1.29, 1.82) is 0 Å². The Morgan fingerprint density at radius 3 is 2.58 bits per heavy atom. The van der Waals surface area contributed by atoms with Crippen molar-refractivity contribution in [3.63, 3.8) is 0 Å². The number of pyridine rings is 1. The number of alkyl halides is 2. The maximum atomic E-state index is 13.1. The van der Waals surface area contributed by atoms with Gasteiger partial charge in [0.05, 0.1) is 24.6 Å². The van der Waals surface area contributed by atoms with E-state index < -0.39 is 12.2 Å². The Morgan fingerprint density at radius 2 is 1.83 bits per heavy atom. The first-order chi connectivity index (χ1) is 17.4. The molecule has 1 aliphatic carbocycles. The van der Waals surface area contributed by atoms with E-state index in [0.717, 1.165) is 29.9 Å². The predicted octanol–water partition coefficient (Wildman–Crippen LogP) is 3.97. The van der Waals surface area contributed by atoms with Gasteiger partial charge in [0.1, 0.15) is 17.0 Å². The smallest absolute Gasteiger partial charge is 0.387 e. The highest BCUT2D eigenvalue weighted by molar-refractivity contribution is 5.65. The van der Waals surface area contributed by atoms with Gasteiger partial charge in [-0.05, 0) is 31.5 Å². The molecule has 6 rings (SSSR count). The molecule has 0 saturated carbocycles. The predicted molar refractivity (Wildman–Crippen MR) is 128 cm³/mol. The van der Waals surface area contributed by atoms with Crippen LogP contribution in [-0.4, -0.2) is 57.4 Å². The van der Waals surface area contributed by atoms with E-state index in [-0.39, 0.29) is 11.7 Å². The fraction of sp³-hybridized carbons (Fsp3) is 0.346. The van der Waals surface area contributed by atoms with Crippen molar-refractivity contribution in [2.24, 2.45) is 0 Å². The SMILES string of the molecule is C[C@]1(O)C[C@H](c2ccccc2OC(F)F)c2c1nc1ccc(-c3cnc(N4CCOCC4)nc3)cn21. The van der Waals surface area contributed by atoms with Gasteiger partial charge in [0.25, 0.3) is 0 Å². The summed E-state index contributed by atoms with van der Waals surface area (Å²) in [5.41, 5.74) is 3.03. The standard InChI is InChI=1S/C26H25F2N5O3/c1-26(34)12-19(18-4-2-3-5-20(18)36-24(27)28)22-23(26)31-21-7-6-16(15-33(21)22)17-13-29-25(30-14-17)32-8-10-35-11-9-32/h2-7,13-15,19,24,34H,8-12H2,1H3/t19-,26+/m1/s1. The molecule has 1 fully saturated rings. The highest BCUT2D eigenvalue weighted by Gasteiger charge is 2.44. The van der Waals surface area contributed by atoms with Crippen molar-refractivity contribution in [3.05, 3.63) is 71.9 Å². The number of ether oxygens (including phenoxy) is 2. The molecular formula is C26H25F2N5O3. The first-order valence-electron chi connectivity index (χ1n) is 11.8. The van der Waals surface area contributed by atoms with E-state index in [2.05, 4.69) is 14.9 Å². The van der Waals surface area contributed by atoms with Gasteiger partial charge in [-0.25, -0.2) is 15.0 Å². The number of benzene rings is 1. The van der Waals surface area contributed by atoms with E-state index in [4.69, 9.17) is 14.5 Å². The Labute approximate surface area is 206 Å². The lowest BCUT2D eigenvalue weighted by Gasteiger charge is -2.26. The van der Waals surface area contributed by atoms with Gasteiger partial charge < -0.3 is 23.9 Å². The Morgan fingerprint density at radius 1 is 1.08 bits per heavy atom. The first kappa shape index (κ1) is 22.8. The zero-order valence-corrected chi connectivity index (χ0v) is 19.6. The maximum Gasteiger partial charge on any atom is 0.387 e. The number of fused-ring (bicyclic) bond motifs is 3. The Hall–Kier alpha value is -3.63. The summed E-state index contributed by atoms with van der Waals surface area (Å²) in [6.45, 7) is 1.58. The van der Waals surface area contributed by atoms with Crippen molar-refractivity contribution in [3.8, 4) is 16.9 Å². The number of anilines is 1. The van der Waals surface area contributed by atoms with Crippen LogP contribution >= 0.6 is 0 Å². The molecule has 2 atom stereocenters. The molecule has 8 nitrogen and oxygen atoms in total. The number of hydrogen-bond donors (Lipinski definition) is 1. The molecule has 1 saturated heterocycles. The average molecular weight is 494 g/mol. The van der Waals surface area contributed by atoms with Crippen LogP contribution < -0.4 is 9.64 Å². The zero-order chi connectivity index (χ0) is 24.9. The van der Waals surface area contributed by atoms with Crippen molar-refractivity contribution in [2.75, 3.05) is 31.2 Å². The van der Waals surface area contributed by atoms with Crippen molar-refractivity contribution >= 4 is 11.6 Å².